The molecule has 1 heterocycles. The number of benzene rings is 1. The monoisotopic (exact) mass is 299 g/mol. The van der Waals surface area contributed by atoms with E-state index in [-0.39, 0.29) is 11.9 Å². The van der Waals surface area contributed by atoms with Crippen LogP contribution in [0.5, 0.6) is 5.75 Å². The van der Waals surface area contributed by atoms with E-state index in [4.69, 9.17) is 4.74 Å². The number of aromatic nitrogens is 2. The van der Waals surface area contributed by atoms with E-state index in [1.165, 1.54) is 12.8 Å². The molecule has 0 radical (unpaired) electrons. The summed E-state index contributed by atoms with van der Waals surface area (Å²) in [5.74, 6) is 1.03. The van der Waals surface area contributed by atoms with E-state index in [0.29, 0.717) is 17.4 Å². The summed E-state index contributed by atoms with van der Waals surface area (Å²) in [6, 6.07) is 9.94. The Hall–Kier alpha value is -2.30. The van der Waals surface area contributed by atoms with Gasteiger partial charge >= 0.3 is 0 Å². The highest BCUT2D eigenvalue weighted by Gasteiger charge is 2.34. The first-order valence-electron chi connectivity index (χ1n) is 7.58. The van der Waals surface area contributed by atoms with Crippen molar-refractivity contribution in [3.8, 4) is 11.4 Å². The Bertz CT molecular complexity index is 662. The standard InChI is InChI=1S/C17H21N3O2/c1-12(13-9-10-13)19(2)17(21)16-15(22-3)11-20(18-16)14-7-5-4-6-8-14/h4-8,11-13H,9-10H2,1-3H3. The lowest BCUT2D eigenvalue weighted by molar-refractivity contribution is 0.0717. The summed E-state index contributed by atoms with van der Waals surface area (Å²) in [4.78, 5) is 14.5. The van der Waals surface area contributed by atoms with Crippen molar-refractivity contribution in [1.82, 2.24) is 14.7 Å². The molecular formula is C17H21N3O2. The Balaban J connectivity index is 1.89. The van der Waals surface area contributed by atoms with Crippen molar-refractivity contribution in [2.45, 2.75) is 25.8 Å². The van der Waals surface area contributed by atoms with E-state index in [1.54, 1.807) is 22.9 Å². The molecule has 1 amide bonds. The molecular weight excluding hydrogens is 278 g/mol. The van der Waals surface area contributed by atoms with Crippen LogP contribution < -0.4 is 4.74 Å². The number of carbonyl (C=O) groups excluding carboxylic acids is 1. The number of rotatable bonds is 5. The maximum absolute atomic E-state index is 12.7. The lowest BCUT2D eigenvalue weighted by atomic mass is 10.2. The van der Waals surface area contributed by atoms with Crippen molar-refractivity contribution in [2.24, 2.45) is 5.92 Å². The molecule has 1 fully saturated rings. The van der Waals surface area contributed by atoms with Crippen LogP contribution >= 0.6 is 0 Å². The topological polar surface area (TPSA) is 47.4 Å². The zero-order valence-corrected chi connectivity index (χ0v) is 13.2. The van der Waals surface area contributed by atoms with Crippen molar-refractivity contribution in [1.29, 1.82) is 0 Å². The molecule has 1 unspecified atom stereocenters. The first-order chi connectivity index (χ1) is 10.6. The minimum atomic E-state index is -0.0917. The van der Waals surface area contributed by atoms with Crippen LogP contribution in [-0.2, 0) is 0 Å². The van der Waals surface area contributed by atoms with Crippen LogP contribution in [0.4, 0.5) is 0 Å². The number of methoxy groups -OCH3 is 1. The molecule has 2 aromatic rings. The van der Waals surface area contributed by atoms with Gasteiger partial charge in [-0.2, -0.15) is 5.10 Å². The highest BCUT2D eigenvalue weighted by Crippen LogP contribution is 2.35. The molecule has 3 rings (SSSR count). The van der Waals surface area contributed by atoms with Gasteiger partial charge in [0.05, 0.1) is 19.0 Å². The number of carbonyl (C=O) groups is 1. The summed E-state index contributed by atoms with van der Waals surface area (Å²) in [7, 11) is 3.40. The van der Waals surface area contributed by atoms with E-state index in [2.05, 4.69) is 12.0 Å². The number of ether oxygens (including phenoxy) is 1. The van der Waals surface area contributed by atoms with Gasteiger partial charge in [0.1, 0.15) is 0 Å². The van der Waals surface area contributed by atoms with E-state index < -0.39 is 0 Å². The number of hydrogen-bond acceptors (Lipinski definition) is 3. The maximum Gasteiger partial charge on any atom is 0.278 e. The number of amides is 1. The molecule has 5 nitrogen and oxygen atoms in total. The summed E-state index contributed by atoms with van der Waals surface area (Å²) in [5.41, 5.74) is 1.26. The van der Waals surface area contributed by atoms with Crippen molar-refractivity contribution in [3.63, 3.8) is 0 Å². The first-order valence-corrected chi connectivity index (χ1v) is 7.58. The Labute approximate surface area is 130 Å². The normalized spacial score (nSPS) is 15.4. The number of nitrogens with zero attached hydrogens (tertiary/aromatic N) is 3. The van der Waals surface area contributed by atoms with Gasteiger partial charge in [0.15, 0.2) is 11.4 Å². The highest BCUT2D eigenvalue weighted by molar-refractivity contribution is 5.95. The van der Waals surface area contributed by atoms with Crippen molar-refractivity contribution < 1.29 is 9.53 Å². The molecule has 0 bridgehead atoms. The summed E-state index contributed by atoms with van der Waals surface area (Å²) in [6.45, 7) is 2.09. The van der Waals surface area contributed by atoms with Gasteiger partial charge in [0, 0.05) is 13.1 Å². The third-order valence-corrected chi connectivity index (χ3v) is 4.36. The van der Waals surface area contributed by atoms with Crippen LogP contribution in [0.3, 0.4) is 0 Å². The first kappa shape index (κ1) is 14.6. The van der Waals surface area contributed by atoms with Crippen LogP contribution in [0, 0.1) is 5.92 Å². The average Bonchev–Trinajstić information content (AvgIpc) is 3.32. The molecule has 0 spiro atoms. The zero-order valence-electron chi connectivity index (χ0n) is 13.2. The summed E-state index contributed by atoms with van der Waals surface area (Å²) < 4.78 is 7.03. The predicted molar refractivity (Wildman–Crippen MR) is 84.4 cm³/mol. The predicted octanol–water partition coefficient (Wildman–Crippen LogP) is 2.75. The van der Waals surface area contributed by atoms with Crippen molar-refractivity contribution >= 4 is 5.91 Å². The Kier molecular flexibility index (Phi) is 3.88. The SMILES string of the molecule is COc1cn(-c2ccccc2)nc1C(=O)N(C)C(C)C1CC1. The van der Waals surface area contributed by atoms with Crippen LogP contribution in [0.2, 0.25) is 0 Å². The quantitative estimate of drug-likeness (QED) is 0.853. The molecule has 1 aromatic heterocycles. The average molecular weight is 299 g/mol. The zero-order chi connectivity index (χ0) is 15.7. The number of hydrogen-bond donors (Lipinski definition) is 0. The largest absolute Gasteiger partial charge is 0.493 e. The van der Waals surface area contributed by atoms with Crippen LogP contribution in [-0.4, -0.2) is 40.8 Å². The van der Waals surface area contributed by atoms with Gasteiger partial charge in [-0.25, -0.2) is 4.68 Å². The second kappa shape index (κ2) is 5.83. The Morgan fingerprint density at radius 3 is 2.64 bits per heavy atom. The van der Waals surface area contributed by atoms with E-state index in [1.807, 2.05) is 37.4 Å². The van der Waals surface area contributed by atoms with E-state index in [9.17, 15) is 4.79 Å². The summed E-state index contributed by atoms with van der Waals surface area (Å²) >= 11 is 0. The smallest absolute Gasteiger partial charge is 0.278 e. The molecule has 1 atom stereocenters. The van der Waals surface area contributed by atoms with Crippen LogP contribution in [0.25, 0.3) is 5.69 Å². The Morgan fingerprint density at radius 2 is 2.05 bits per heavy atom. The summed E-state index contributed by atoms with van der Waals surface area (Å²) in [5, 5.41) is 4.43. The van der Waals surface area contributed by atoms with Gasteiger partial charge in [-0.1, -0.05) is 18.2 Å². The maximum atomic E-state index is 12.7. The molecule has 0 saturated heterocycles. The molecule has 5 heteroatoms. The minimum Gasteiger partial charge on any atom is -0.493 e. The fourth-order valence-electron chi connectivity index (χ4n) is 2.62. The second-order valence-electron chi connectivity index (χ2n) is 5.82. The van der Waals surface area contributed by atoms with Gasteiger partial charge < -0.3 is 9.64 Å². The Morgan fingerprint density at radius 1 is 1.36 bits per heavy atom. The van der Waals surface area contributed by atoms with E-state index in [0.717, 1.165) is 5.69 Å². The van der Waals surface area contributed by atoms with Crippen molar-refractivity contribution in [2.75, 3.05) is 14.2 Å². The van der Waals surface area contributed by atoms with Gasteiger partial charge in [-0.3, -0.25) is 4.79 Å². The minimum absolute atomic E-state index is 0.0917. The lowest BCUT2D eigenvalue weighted by Gasteiger charge is -2.24. The van der Waals surface area contributed by atoms with Gasteiger partial charge in [0.2, 0.25) is 0 Å². The molecule has 22 heavy (non-hydrogen) atoms. The molecule has 1 saturated carbocycles. The molecule has 116 valence electrons. The fourth-order valence-corrected chi connectivity index (χ4v) is 2.62. The highest BCUT2D eigenvalue weighted by atomic mass is 16.5. The fraction of sp³-hybridized carbons (Fsp3) is 0.412. The van der Waals surface area contributed by atoms with Crippen molar-refractivity contribution in [3.05, 3.63) is 42.2 Å². The van der Waals surface area contributed by atoms with Gasteiger partial charge in [-0.15, -0.1) is 0 Å². The van der Waals surface area contributed by atoms with E-state index >= 15 is 0 Å². The molecule has 0 aliphatic heterocycles. The van der Waals surface area contributed by atoms with Crippen LogP contribution in [0.1, 0.15) is 30.3 Å². The molecule has 0 N–H and O–H groups in total. The third-order valence-electron chi connectivity index (χ3n) is 4.36. The molecule has 1 aliphatic carbocycles. The lowest BCUT2D eigenvalue weighted by Crippen LogP contribution is -2.36. The summed E-state index contributed by atoms with van der Waals surface area (Å²) in [6.07, 6.45) is 4.15. The molecule has 1 aromatic carbocycles. The number of para-hydroxylation sites is 1. The second-order valence-corrected chi connectivity index (χ2v) is 5.82. The van der Waals surface area contributed by atoms with Gasteiger partial charge in [-0.05, 0) is 37.8 Å². The molecule has 1 aliphatic rings. The third kappa shape index (κ3) is 2.71. The van der Waals surface area contributed by atoms with Gasteiger partial charge in [0.25, 0.3) is 5.91 Å². The van der Waals surface area contributed by atoms with Crippen LogP contribution in [0.15, 0.2) is 36.5 Å².